The molecule has 2 aromatic carbocycles. The summed E-state index contributed by atoms with van der Waals surface area (Å²) in [7, 11) is 1.76. The smallest absolute Gasteiger partial charge is 0.257 e. The van der Waals surface area contributed by atoms with Crippen molar-refractivity contribution in [3.8, 4) is 5.75 Å². The van der Waals surface area contributed by atoms with Gasteiger partial charge in [0.25, 0.3) is 5.91 Å². The summed E-state index contributed by atoms with van der Waals surface area (Å²) in [5.41, 5.74) is 1.82. The maximum atomic E-state index is 13.3. The van der Waals surface area contributed by atoms with Crippen LogP contribution in [0, 0.1) is 0 Å². The number of amides is 3. The Labute approximate surface area is 209 Å². The molecule has 2 heterocycles. The maximum absolute atomic E-state index is 13.3. The summed E-state index contributed by atoms with van der Waals surface area (Å²) in [5.74, 6) is 0.0107. The molecule has 0 radical (unpaired) electrons. The zero-order chi connectivity index (χ0) is 24.9. The van der Waals surface area contributed by atoms with E-state index in [0.717, 1.165) is 5.56 Å². The van der Waals surface area contributed by atoms with Crippen LogP contribution in [0.15, 0.2) is 42.5 Å². The van der Waals surface area contributed by atoms with Crippen LogP contribution in [-0.2, 0) is 20.9 Å². The van der Waals surface area contributed by atoms with Crippen LogP contribution in [0.25, 0.3) is 0 Å². The molecule has 0 saturated carbocycles. The van der Waals surface area contributed by atoms with Crippen LogP contribution in [0.4, 0.5) is 5.69 Å². The van der Waals surface area contributed by atoms with Gasteiger partial charge < -0.3 is 25.0 Å². The van der Waals surface area contributed by atoms with Gasteiger partial charge in [0, 0.05) is 30.7 Å². The van der Waals surface area contributed by atoms with Gasteiger partial charge in [0.2, 0.25) is 11.8 Å². The molecule has 2 aliphatic rings. The van der Waals surface area contributed by atoms with Crippen molar-refractivity contribution in [1.29, 1.82) is 0 Å². The third kappa shape index (κ3) is 5.94. The molecule has 1 saturated heterocycles. The van der Waals surface area contributed by atoms with Crippen molar-refractivity contribution in [1.82, 2.24) is 10.2 Å². The summed E-state index contributed by atoms with van der Waals surface area (Å²) >= 11 is 6.16. The summed E-state index contributed by atoms with van der Waals surface area (Å²) in [5, 5.41) is 6.30. The van der Waals surface area contributed by atoms with E-state index in [1.807, 2.05) is 18.2 Å². The quantitative estimate of drug-likeness (QED) is 0.630. The fourth-order valence-corrected chi connectivity index (χ4v) is 4.67. The van der Waals surface area contributed by atoms with Crippen molar-refractivity contribution < 1.29 is 23.9 Å². The lowest BCUT2D eigenvalue weighted by Crippen LogP contribution is -2.53. The van der Waals surface area contributed by atoms with Crippen LogP contribution in [0.2, 0.25) is 5.02 Å². The molecule has 9 heteroatoms. The first kappa shape index (κ1) is 25.0. The number of fused-ring (bicyclic) bond motifs is 2. The number of carbonyl (C=O) groups is 3. The molecule has 3 atom stereocenters. The number of benzene rings is 2. The van der Waals surface area contributed by atoms with E-state index in [1.54, 1.807) is 43.1 Å². The molecule has 0 spiro atoms. The number of nitrogens with zero attached hydrogens (tertiary/aromatic N) is 1. The van der Waals surface area contributed by atoms with Crippen molar-refractivity contribution in [3.05, 3.63) is 58.6 Å². The lowest BCUT2D eigenvalue weighted by atomic mass is 9.94. The number of hydrogen-bond donors (Lipinski definition) is 2. The molecule has 1 fully saturated rings. The Balaban J connectivity index is 1.39. The minimum atomic E-state index is -0.355. The normalized spacial score (nSPS) is 21.6. The zero-order valence-electron chi connectivity index (χ0n) is 19.9. The van der Waals surface area contributed by atoms with E-state index >= 15 is 0 Å². The van der Waals surface area contributed by atoms with Gasteiger partial charge in [-0.1, -0.05) is 36.7 Å². The number of anilines is 1. The lowest BCUT2D eigenvalue weighted by molar-refractivity contribution is -0.134. The zero-order valence-corrected chi connectivity index (χ0v) is 20.6. The second kappa shape index (κ2) is 11.1. The molecule has 4 rings (SSSR count). The van der Waals surface area contributed by atoms with E-state index in [2.05, 4.69) is 10.6 Å². The van der Waals surface area contributed by atoms with Gasteiger partial charge in [-0.15, -0.1) is 0 Å². The summed E-state index contributed by atoms with van der Waals surface area (Å²) in [6.07, 6.45) is 1.30. The number of nitrogens with one attached hydrogen (secondary N) is 2. The largest absolute Gasteiger partial charge is 0.490 e. The Hall–Kier alpha value is -3.10. The molecule has 186 valence electrons. The summed E-state index contributed by atoms with van der Waals surface area (Å²) in [4.78, 5) is 39.2. The minimum absolute atomic E-state index is 0.114. The molecule has 35 heavy (non-hydrogen) atoms. The fraction of sp³-hybridized carbons (Fsp3) is 0.423. The SMILES string of the molecule is CCC(=O)Nc1ccc2c(c1)C(=O)N(C)[C@H]1CC[C@@H](CC(=O)NCc3ccccc3Cl)O[C@@H]1CO2. The summed E-state index contributed by atoms with van der Waals surface area (Å²) < 4.78 is 12.2. The van der Waals surface area contributed by atoms with Crippen molar-refractivity contribution in [2.45, 2.75) is 57.4 Å². The minimum Gasteiger partial charge on any atom is -0.490 e. The van der Waals surface area contributed by atoms with E-state index in [-0.39, 0.29) is 49.0 Å². The second-order valence-corrected chi connectivity index (χ2v) is 9.26. The highest BCUT2D eigenvalue weighted by Gasteiger charge is 2.39. The molecule has 2 aromatic rings. The Morgan fingerprint density at radius 2 is 1.94 bits per heavy atom. The predicted octanol–water partition coefficient (Wildman–Crippen LogP) is 3.78. The first-order chi connectivity index (χ1) is 16.9. The molecule has 2 N–H and O–H groups in total. The average molecular weight is 500 g/mol. The predicted molar refractivity (Wildman–Crippen MR) is 133 cm³/mol. The standard InChI is InChI=1S/C26H30ClN3O5/c1-3-24(31)29-17-8-11-22-19(12-17)26(33)30(2)21-10-9-18(35-23(21)15-34-22)13-25(32)28-14-16-6-4-5-7-20(16)27/h4-8,11-12,18,21,23H,3,9-10,13-15H2,1-2H3,(H,28,32)(H,29,31)/t18-,21-,23+/m0/s1. The Morgan fingerprint density at radius 3 is 2.71 bits per heavy atom. The van der Waals surface area contributed by atoms with Crippen molar-refractivity contribution in [3.63, 3.8) is 0 Å². The van der Waals surface area contributed by atoms with E-state index in [0.29, 0.717) is 47.8 Å². The average Bonchev–Trinajstić information content (AvgIpc) is 2.86. The van der Waals surface area contributed by atoms with E-state index in [9.17, 15) is 14.4 Å². The van der Waals surface area contributed by atoms with E-state index in [4.69, 9.17) is 21.1 Å². The van der Waals surface area contributed by atoms with Crippen molar-refractivity contribution in [2.75, 3.05) is 19.0 Å². The highest BCUT2D eigenvalue weighted by molar-refractivity contribution is 6.31. The first-order valence-electron chi connectivity index (χ1n) is 11.8. The van der Waals surface area contributed by atoms with Gasteiger partial charge in [0.05, 0.1) is 24.1 Å². The first-order valence-corrected chi connectivity index (χ1v) is 12.2. The number of rotatable bonds is 6. The Kier molecular flexibility index (Phi) is 7.93. The van der Waals surface area contributed by atoms with Crippen LogP contribution in [0.1, 0.15) is 48.5 Å². The maximum Gasteiger partial charge on any atom is 0.257 e. The lowest BCUT2D eigenvalue weighted by Gasteiger charge is -2.42. The Morgan fingerprint density at radius 1 is 1.14 bits per heavy atom. The van der Waals surface area contributed by atoms with Crippen LogP contribution in [0.5, 0.6) is 5.75 Å². The molecular formula is C26H30ClN3O5. The van der Waals surface area contributed by atoms with E-state index in [1.165, 1.54) is 0 Å². The molecule has 0 bridgehead atoms. The topological polar surface area (TPSA) is 97.0 Å². The van der Waals surface area contributed by atoms with Gasteiger partial charge in [-0.3, -0.25) is 14.4 Å². The monoisotopic (exact) mass is 499 g/mol. The summed E-state index contributed by atoms with van der Waals surface area (Å²) in [6, 6.07) is 12.3. The molecule has 8 nitrogen and oxygen atoms in total. The number of halogens is 1. The number of carbonyl (C=O) groups excluding carboxylic acids is 3. The second-order valence-electron chi connectivity index (χ2n) is 8.85. The summed E-state index contributed by atoms with van der Waals surface area (Å²) in [6.45, 7) is 2.38. The van der Waals surface area contributed by atoms with Gasteiger partial charge in [-0.25, -0.2) is 0 Å². The third-order valence-electron chi connectivity index (χ3n) is 6.46. The molecular weight excluding hydrogens is 470 g/mol. The molecule has 0 aromatic heterocycles. The third-order valence-corrected chi connectivity index (χ3v) is 6.83. The van der Waals surface area contributed by atoms with Crippen LogP contribution >= 0.6 is 11.6 Å². The van der Waals surface area contributed by atoms with Gasteiger partial charge >= 0.3 is 0 Å². The molecule has 0 unspecified atom stereocenters. The molecule has 0 aliphatic carbocycles. The fourth-order valence-electron chi connectivity index (χ4n) is 4.47. The van der Waals surface area contributed by atoms with Crippen LogP contribution in [-0.4, -0.2) is 54.5 Å². The number of ether oxygens (including phenoxy) is 2. The van der Waals surface area contributed by atoms with Gasteiger partial charge in [-0.2, -0.15) is 0 Å². The van der Waals surface area contributed by atoms with Gasteiger partial charge in [0.1, 0.15) is 18.5 Å². The van der Waals surface area contributed by atoms with Crippen LogP contribution in [0.3, 0.4) is 0 Å². The van der Waals surface area contributed by atoms with Crippen LogP contribution < -0.4 is 15.4 Å². The highest BCUT2D eigenvalue weighted by atomic mass is 35.5. The Bertz CT molecular complexity index is 1110. The van der Waals surface area contributed by atoms with Gasteiger partial charge in [-0.05, 0) is 42.7 Å². The highest BCUT2D eigenvalue weighted by Crippen LogP contribution is 2.32. The number of hydrogen-bond acceptors (Lipinski definition) is 5. The van der Waals surface area contributed by atoms with Crippen molar-refractivity contribution >= 4 is 35.0 Å². The van der Waals surface area contributed by atoms with E-state index < -0.39 is 0 Å². The number of likely N-dealkylation sites (N-methyl/N-ethyl adjacent to an activating group) is 1. The van der Waals surface area contributed by atoms with Gasteiger partial charge in [0.15, 0.2) is 0 Å². The van der Waals surface area contributed by atoms with Crippen molar-refractivity contribution in [2.24, 2.45) is 0 Å². The molecule has 3 amide bonds. The molecule has 2 aliphatic heterocycles.